The Bertz CT molecular complexity index is 774. The zero-order valence-electron chi connectivity index (χ0n) is 11.2. The van der Waals surface area contributed by atoms with Gasteiger partial charge in [0.2, 0.25) is 0 Å². The van der Waals surface area contributed by atoms with Crippen molar-refractivity contribution in [1.82, 2.24) is 5.43 Å². The topological polar surface area (TPSA) is 84.6 Å². The van der Waals surface area contributed by atoms with E-state index in [4.69, 9.17) is 23.2 Å². The molecule has 0 radical (unpaired) electrons. The minimum Gasteiger partial charge on any atom is -0.267 e. The number of hydrogen-bond donors (Lipinski definition) is 1. The Morgan fingerprint density at radius 1 is 1.32 bits per heavy atom. The average Bonchev–Trinajstić information content (AvgIpc) is 2.90. The number of benzene rings is 1. The van der Waals surface area contributed by atoms with Gasteiger partial charge in [0.15, 0.2) is 0 Å². The molecule has 0 spiro atoms. The first-order valence-electron chi connectivity index (χ1n) is 5.93. The number of non-ortho nitro benzene ring substituents is 1. The molecule has 22 heavy (non-hydrogen) atoms. The Hall–Kier alpha value is -1.96. The fraction of sp³-hybridized carbons (Fsp3) is 0.0769. The van der Waals surface area contributed by atoms with Crippen LogP contribution >= 0.6 is 34.5 Å². The Kier molecular flexibility index (Phi) is 5.12. The fourth-order valence-electron chi connectivity index (χ4n) is 1.56. The van der Waals surface area contributed by atoms with Crippen LogP contribution in [-0.2, 0) is 0 Å². The van der Waals surface area contributed by atoms with Crippen LogP contribution in [0.2, 0.25) is 9.36 Å². The molecule has 2 aromatic rings. The van der Waals surface area contributed by atoms with Crippen LogP contribution in [0, 0.1) is 10.1 Å². The van der Waals surface area contributed by atoms with Gasteiger partial charge in [0.25, 0.3) is 11.6 Å². The van der Waals surface area contributed by atoms with Crippen molar-refractivity contribution in [2.75, 3.05) is 0 Å². The third kappa shape index (κ3) is 3.82. The number of rotatable bonds is 4. The van der Waals surface area contributed by atoms with Crippen molar-refractivity contribution >= 4 is 51.8 Å². The summed E-state index contributed by atoms with van der Waals surface area (Å²) in [6.45, 7) is 1.72. The van der Waals surface area contributed by atoms with E-state index in [1.54, 1.807) is 19.1 Å². The van der Waals surface area contributed by atoms with Gasteiger partial charge < -0.3 is 0 Å². The third-order valence-electron chi connectivity index (χ3n) is 2.66. The second kappa shape index (κ2) is 6.87. The smallest absolute Gasteiger partial charge is 0.267 e. The molecule has 0 aliphatic heterocycles. The molecule has 1 aromatic heterocycles. The average molecular weight is 358 g/mol. The summed E-state index contributed by atoms with van der Waals surface area (Å²) in [6, 6.07) is 7.12. The van der Waals surface area contributed by atoms with E-state index in [-0.39, 0.29) is 16.3 Å². The number of halogens is 2. The summed E-state index contributed by atoms with van der Waals surface area (Å²) in [5, 5.41) is 14.6. The lowest BCUT2D eigenvalue weighted by Crippen LogP contribution is -2.19. The van der Waals surface area contributed by atoms with Gasteiger partial charge in [-0.15, -0.1) is 11.3 Å². The van der Waals surface area contributed by atoms with E-state index in [1.165, 1.54) is 23.5 Å². The van der Waals surface area contributed by atoms with E-state index in [2.05, 4.69) is 10.5 Å². The van der Waals surface area contributed by atoms with Crippen LogP contribution < -0.4 is 5.43 Å². The van der Waals surface area contributed by atoms with Crippen LogP contribution in [0.15, 0.2) is 35.4 Å². The highest BCUT2D eigenvalue weighted by Gasteiger charge is 2.14. The van der Waals surface area contributed by atoms with Gasteiger partial charge in [0.05, 0.1) is 30.4 Å². The number of nitrogens with zero attached hydrogens (tertiary/aromatic N) is 2. The number of carbonyl (C=O) groups is 1. The predicted molar refractivity (Wildman–Crippen MR) is 87.1 cm³/mol. The molecule has 0 bridgehead atoms. The molecule has 0 saturated carbocycles. The lowest BCUT2D eigenvalue weighted by atomic mass is 10.2. The molecule has 1 amide bonds. The van der Waals surface area contributed by atoms with Crippen LogP contribution in [0.1, 0.15) is 22.2 Å². The zero-order chi connectivity index (χ0) is 16.3. The summed E-state index contributed by atoms with van der Waals surface area (Å²) >= 11 is 13.0. The standard InChI is InChI=1S/C13H9Cl2N3O3S/c1-7(11-4-5-12(15)22-11)16-17-13(19)9-3-2-8(18(20)21)6-10(9)14/h2-6H,1H3,(H,17,19)/b16-7+. The molecule has 0 aliphatic rings. The SMILES string of the molecule is C/C(=N\NC(=O)c1ccc([N+](=O)[O-])cc1Cl)c1ccc(Cl)s1. The van der Waals surface area contributed by atoms with Crippen LogP contribution in [0.4, 0.5) is 5.69 Å². The summed E-state index contributed by atoms with van der Waals surface area (Å²) in [7, 11) is 0. The van der Waals surface area contributed by atoms with Crippen molar-refractivity contribution in [3.8, 4) is 0 Å². The summed E-state index contributed by atoms with van der Waals surface area (Å²) in [6.07, 6.45) is 0. The maximum atomic E-state index is 12.0. The first-order chi connectivity index (χ1) is 10.4. The summed E-state index contributed by atoms with van der Waals surface area (Å²) in [5.41, 5.74) is 2.86. The number of carbonyl (C=O) groups excluding carboxylic acids is 1. The summed E-state index contributed by atoms with van der Waals surface area (Å²) in [5.74, 6) is -0.554. The van der Waals surface area contributed by atoms with Gasteiger partial charge in [0.1, 0.15) is 0 Å². The Morgan fingerprint density at radius 3 is 2.59 bits per heavy atom. The molecule has 0 fully saturated rings. The van der Waals surface area contributed by atoms with Crippen LogP contribution in [0.3, 0.4) is 0 Å². The highest BCUT2D eigenvalue weighted by atomic mass is 35.5. The van der Waals surface area contributed by atoms with E-state index in [0.717, 1.165) is 10.9 Å². The molecular weight excluding hydrogens is 349 g/mol. The quantitative estimate of drug-likeness (QED) is 0.507. The maximum Gasteiger partial charge on any atom is 0.272 e. The fourth-order valence-corrected chi connectivity index (χ4v) is 2.81. The number of hydrogen-bond acceptors (Lipinski definition) is 5. The van der Waals surface area contributed by atoms with Gasteiger partial charge in [-0.05, 0) is 25.1 Å². The molecule has 1 N–H and O–H groups in total. The minimum absolute atomic E-state index is 0.0151. The van der Waals surface area contributed by atoms with Gasteiger partial charge in [-0.2, -0.15) is 5.10 Å². The second-order valence-electron chi connectivity index (χ2n) is 4.16. The monoisotopic (exact) mass is 357 g/mol. The molecule has 1 heterocycles. The summed E-state index contributed by atoms with van der Waals surface area (Å²) in [4.78, 5) is 22.8. The highest BCUT2D eigenvalue weighted by molar-refractivity contribution is 7.18. The van der Waals surface area contributed by atoms with Crippen molar-refractivity contribution < 1.29 is 9.72 Å². The number of thiophene rings is 1. The van der Waals surface area contributed by atoms with Gasteiger partial charge in [-0.25, -0.2) is 5.43 Å². The number of nitro benzene ring substituents is 1. The largest absolute Gasteiger partial charge is 0.272 e. The Balaban J connectivity index is 2.14. The molecule has 6 nitrogen and oxygen atoms in total. The minimum atomic E-state index is -0.587. The van der Waals surface area contributed by atoms with Gasteiger partial charge in [-0.3, -0.25) is 14.9 Å². The molecular formula is C13H9Cl2N3O3S. The molecule has 0 atom stereocenters. The van der Waals surface area contributed by atoms with Gasteiger partial charge in [-0.1, -0.05) is 23.2 Å². The number of hydrazone groups is 1. The molecule has 0 unspecified atom stereocenters. The number of nitrogens with one attached hydrogen (secondary N) is 1. The highest BCUT2D eigenvalue weighted by Crippen LogP contribution is 2.23. The number of amides is 1. The second-order valence-corrected chi connectivity index (χ2v) is 6.29. The third-order valence-corrected chi connectivity index (χ3v) is 4.32. The molecule has 2 rings (SSSR count). The lowest BCUT2D eigenvalue weighted by molar-refractivity contribution is -0.384. The van der Waals surface area contributed by atoms with Crippen molar-refractivity contribution in [3.05, 3.63) is 60.2 Å². The number of nitro groups is 1. The van der Waals surface area contributed by atoms with E-state index >= 15 is 0 Å². The van der Waals surface area contributed by atoms with E-state index in [0.29, 0.717) is 10.0 Å². The maximum absolute atomic E-state index is 12.0. The Morgan fingerprint density at radius 2 is 2.05 bits per heavy atom. The molecule has 0 aliphatic carbocycles. The summed E-state index contributed by atoms with van der Waals surface area (Å²) < 4.78 is 0.620. The van der Waals surface area contributed by atoms with Crippen molar-refractivity contribution in [3.63, 3.8) is 0 Å². The lowest BCUT2D eigenvalue weighted by Gasteiger charge is -2.03. The van der Waals surface area contributed by atoms with E-state index in [1.807, 2.05) is 0 Å². The first-order valence-corrected chi connectivity index (χ1v) is 7.50. The van der Waals surface area contributed by atoms with Crippen LogP contribution in [0.25, 0.3) is 0 Å². The van der Waals surface area contributed by atoms with Crippen molar-refractivity contribution in [1.29, 1.82) is 0 Å². The van der Waals surface area contributed by atoms with Crippen molar-refractivity contribution in [2.45, 2.75) is 6.92 Å². The zero-order valence-corrected chi connectivity index (χ0v) is 13.5. The van der Waals surface area contributed by atoms with Crippen LogP contribution in [0.5, 0.6) is 0 Å². The molecule has 0 saturated heterocycles. The van der Waals surface area contributed by atoms with Crippen molar-refractivity contribution in [2.24, 2.45) is 5.10 Å². The first kappa shape index (κ1) is 16.4. The molecule has 9 heteroatoms. The molecule has 114 valence electrons. The van der Waals surface area contributed by atoms with Gasteiger partial charge >= 0.3 is 0 Å². The van der Waals surface area contributed by atoms with Crippen LogP contribution in [-0.4, -0.2) is 16.5 Å². The predicted octanol–water partition coefficient (Wildman–Crippen LogP) is 4.12. The van der Waals surface area contributed by atoms with E-state index in [9.17, 15) is 14.9 Å². The van der Waals surface area contributed by atoms with E-state index < -0.39 is 10.8 Å². The normalized spacial score (nSPS) is 11.3. The van der Waals surface area contributed by atoms with Gasteiger partial charge in [0, 0.05) is 12.1 Å². The Labute approximate surface area is 139 Å². The molecule has 1 aromatic carbocycles.